The monoisotopic (exact) mass is 816 g/mol. The van der Waals surface area contributed by atoms with Crippen LogP contribution in [0.2, 0.25) is 0 Å². The Hall–Kier alpha value is -4.10. The molecular weight excluding hydrogens is 781 g/mol. The van der Waals surface area contributed by atoms with E-state index in [1.165, 1.54) is 11.0 Å². The van der Waals surface area contributed by atoms with E-state index < -0.39 is 67.0 Å². The van der Waals surface area contributed by atoms with Crippen molar-refractivity contribution in [1.29, 1.82) is 0 Å². The quantitative estimate of drug-likeness (QED) is 0.196. The zero-order valence-electron chi connectivity index (χ0n) is 30.2. The number of benzene rings is 2. The van der Waals surface area contributed by atoms with Crippen LogP contribution >= 0.6 is 0 Å². The lowest BCUT2D eigenvalue weighted by Crippen LogP contribution is -2.68. The zero-order valence-corrected chi connectivity index (χ0v) is 30.2. The van der Waals surface area contributed by atoms with E-state index in [1.807, 2.05) is 0 Å². The number of piperazine rings is 1. The van der Waals surface area contributed by atoms with Gasteiger partial charge in [0.25, 0.3) is 0 Å². The summed E-state index contributed by atoms with van der Waals surface area (Å²) in [5, 5.41) is 5.10. The topological polar surface area (TPSA) is 75.6 Å². The zero-order chi connectivity index (χ0) is 40.4. The van der Waals surface area contributed by atoms with Crippen LogP contribution in [0.1, 0.15) is 49.8 Å². The molecule has 5 aliphatic rings. The van der Waals surface area contributed by atoms with E-state index in [1.54, 1.807) is 31.2 Å². The van der Waals surface area contributed by atoms with Crippen LogP contribution in [-0.2, 0) is 11.2 Å². The van der Waals surface area contributed by atoms with Crippen molar-refractivity contribution in [3.05, 3.63) is 53.2 Å². The van der Waals surface area contributed by atoms with E-state index in [4.69, 9.17) is 14.7 Å². The summed E-state index contributed by atoms with van der Waals surface area (Å²) in [7, 11) is 0. The van der Waals surface area contributed by atoms with E-state index >= 15 is 4.39 Å². The second-order valence-corrected chi connectivity index (χ2v) is 15.8. The Morgan fingerprint density at radius 1 is 0.877 bits per heavy atom. The van der Waals surface area contributed by atoms with Crippen LogP contribution in [0.15, 0.2) is 30.3 Å². The minimum absolute atomic E-state index is 0.0721. The second-order valence-electron chi connectivity index (χ2n) is 15.8. The molecule has 5 aliphatic heterocycles. The maximum Gasteiger partial charge on any atom is 0.435 e. The fourth-order valence-corrected chi connectivity index (χ4v) is 10.0. The number of fused-ring (bicyclic) bond motifs is 7. The van der Waals surface area contributed by atoms with Crippen molar-refractivity contribution in [2.45, 2.75) is 106 Å². The minimum atomic E-state index is -6.87. The number of rotatable bonds is 6. The molecule has 0 spiro atoms. The molecular formula is C38H35F11N6O2. The number of hydrogen-bond donors (Lipinski definition) is 1. The molecule has 5 atom stereocenters. The predicted octanol–water partition coefficient (Wildman–Crippen LogP) is 8.12. The van der Waals surface area contributed by atoms with E-state index in [2.05, 4.69) is 19.9 Å². The molecule has 9 rings (SSSR count). The van der Waals surface area contributed by atoms with Crippen molar-refractivity contribution < 1.29 is 57.8 Å². The molecule has 0 unspecified atom stereocenters. The Labute approximate surface area is 317 Å². The van der Waals surface area contributed by atoms with Gasteiger partial charge in [-0.3, -0.25) is 4.90 Å². The summed E-state index contributed by atoms with van der Waals surface area (Å²) in [5.41, 5.74) is -6.83. The van der Waals surface area contributed by atoms with Gasteiger partial charge in [-0.05, 0) is 80.8 Å². The van der Waals surface area contributed by atoms with E-state index in [0.29, 0.717) is 64.6 Å². The third-order valence-electron chi connectivity index (χ3n) is 12.6. The van der Waals surface area contributed by atoms with Crippen LogP contribution in [0, 0.1) is 18.6 Å². The van der Waals surface area contributed by atoms with E-state index in [9.17, 15) is 43.9 Å². The summed E-state index contributed by atoms with van der Waals surface area (Å²) in [6, 6.07) is 7.82. The second kappa shape index (κ2) is 12.9. The molecule has 0 aliphatic carbocycles. The average Bonchev–Trinajstić information content (AvgIpc) is 3.78. The van der Waals surface area contributed by atoms with Crippen molar-refractivity contribution in [1.82, 2.24) is 25.2 Å². The van der Waals surface area contributed by atoms with Crippen LogP contribution in [0.4, 0.5) is 54.1 Å². The highest BCUT2D eigenvalue weighted by Gasteiger charge is 2.86. The molecule has 8 nitrogen and oxygen atoms in total. The first-order valence-corrected chi connectivity index (χ1v) is 18.7. The van der Waals surface area contributed by atoms with Crippen LogP contribution in [0.3, 0.4) is 0 Å². The van der Waals surface area contributed by atoms with Gasteiger partial charge in [0.2, 0.25) is 0 Å². The highest BCUT2D eigenvalue weighted by Crippen LogP contribution is 2.57. The molecule has 2 aromatic carbocycles. The molecule has 0 saturated carbocycles. The molecule has 306 valence electrons. The van der Waals surface area contributed by atoms with Gasteiger partial charge in [-0.2, -0.15) is 49.5 Å². The van der Waals surface area contributed by atoms with E-state index in [-0.39, 0.29) is 48.3 Å². The van der Waals surface area contributed by atoms with Gasteiger partial charge in [0.15, 0.2) is 5.82 Å². The fourth-order valence-electron chi connectivity index (χ4n) is 10.0. The minimum Gasteiger partial charge on any atom is -0.461 e. The van der Waals surface area contributed by atoms with Gasteiger partial charge in [-0.25, -0.2) is 13.8 Å². The number of aromatic nitrogens is 3. The Bertz CT molecular complexity index is 2230. The van der Waals surface area contributed by atoms with Gasteiger partial charge in [0.05, 0.1) is 22.7 Å². The Kier molecular flexibility index (Phi) is 8.73. The summed E-state index contributed by atoms with van der Waals surface area (Å²) in [6.45, 7) is 1.15. The summed E-state index contributed by atoms with van der Waals surface area (Å²) < 4.78 is 167. The first-order chi connectivity index (χ1) is 26.8. The SMILES string of the molecule is Cc1c(F)ccc2cccc(-c3nc4c5c(nc(OC[C@@]67CCCN6C[C@H](OC(C(F)(F)F)(C(F)(F)F)C(F)(F)F)C7)nc5c3F)N3C[C@H]5CC[C@H](N5)[C@H]3CC4)c12. The Morgan fingerprint density at radius 2 is 1.63 bits per heavy atom. The molecule has 19 heteroatoms. The van der Waals surface area contributed by atoms with Gasteiger partial charge < -0.3 is 19.7 Å². The molecule has 2 aromatic heterocycles. The number of nitrogens with one attached hydrogen (secondary N) is 1. The lowest BCUT2D eigenvalue weighted by atomic mass is 9.93. The number of aryl methyl sites for hydroxylation is 2. The largest absolute Gasteiger partial charge is 0.461 e. The molecule has 4 fully saturated rings. The standard InChI is InChI=1S/C38H35F11N6O2/c1-18-23(39)8-6-19-4-2-5-22(27(18)19)30-29(40)31-28-25(51-30)10-11-26-24-9-7-20(50-24)15-55(26)32(28)53-33(52-31)56-17-34-12-3-13-54(34)16-21(14-34)57-35(36(41,42)43,37(44,45)46)38(47,48)49/h2,4-6,8,20-21,24,26,50H,3,7,9-17H2,1H3/t20-,21-,24+,26-,34+/m1/s1. The third-order valence-corrected chi connectivity index (χ3v) is 12.6. The summed E-state index contributed by atoms with van der Waals surface area (Å²) in [4.78, 5) is 17.6. The Balaban J connectivity index is 1.12. The van der Waals surface area contributed by atoms with Crippen molar-refractivity contribution in [2.75, 3.05) is 31.1 Å². The van der Waals surface area contributed by atoms with Crippen molar-refractivity contribution in [3.63, 3.8) is 0 Å². The summed E-state index contributed by atoms with van der Waals surface area (Å²) in [5.74, 6) is -0.981. The number of alkyl halides is 9. The molecule has 4 saturated heterocycles. The fraction of sp³-hybridized carbons (Fsp3) is 0.553. The first-order valence-electron chi connectivity index (χ1n) is 18.7. The third kappa shape index (κ3) is 5.83. The molecule has 7 heterocycles. The first kappa shape index (κ1) is 38.4. The van der Waals surface area contributed by atoms with Crippen molar-refractivity contribution in [3.8, 4) is 17.3 Å². The van der Waals surface area contributed by atoms with Gasteiger partial charge in [-0.1, -0.05) is 24.3 Å². The van der Waals surface area contributed by atoms with Crippen LogP contribution in [0.25, 0.3) is 32.9 Å². The Morgan fingerprint density at radius 3 is 2.37 bits per heavy atom. The van der Waals surface area contributed by atoms with E-state index in [0.717, 1.165) is 12.8 Å². The van der Waals surface area contributed by atoms with Crippen LogP contribution < -0.4 is 15.0 Å². The lowest BCUT2D eigenvalue weighted by molar-refractivity contribution is -0.463. The maximum atomic E-state index is 17.2. The molecule has 0 radical (unpaired) electrons. The number of nitrogens with zero attached hydrogens (tertiary/aromatic N) is 5. The smallest absolute Gasteiger partial charge is 0.435 e. The molecule has 1 N–H and O–H groups in total. The van der Waals surface area contributed by atoms with Crippen LogP contribution in [-0.4, -0.2) is 100.0 Å². The average molecular weight is 817 g/mol. The van der Waals surface area contributed by atoms with Gasteiger partial charge in [0.1, 0.15) is 29.5 Å². The number of halogens is 11. The van der Waals surface area contributed by atoms with Gasteiger partial charge >= 0.3 is 30.1 Å². The molecule has 0 amide bonds. The number of anilines is 1. The lowest BCUT2D eigenvalue weighted by Gasteiger charge is -2.41. The van der Waals surface area contributed by atoms with Crippen molar-refractivity contribution in [2.24, 2.45) is 0 Å². The summed E-state index contributed by atoms with van der Waals surface area (Å²) in [6.07, 6.45) is -19.9. The predicted molar refractivity (Wildman–Crippen MR) is 184 cm³/mol. The number of ether oxygens (including phenoxy) is 2. The normalized spacial score (nSPS) is 26.6. The number of pyridine rings is 1. The highest BCUT2D eigenvalue weighted by molar-refractivity contribution is 6.01. The molecule has 2 bridgehead atoms. The maximum absolute atomic E-state index is 17.2. The van der Waals surface area contributed by atoms with Gasteiger partial charge in [0, 0.05) is 36.8 Å². The van der Waals surface area contributed by atoms with Crippen LogP contribution in [0.5, 0.6) is 6.01 Å². The number of hydrogen-bond acceptors (Lipinski definition) is 8. The highest BCUT2D eigenvalue weighted by atomic mass is 19.4. The van der Waals surface area contributed by atoms with Gasteiger partial charge in [-0.15, -0.1) is 0 Å². The van der Waals surface area contributed by atoms with Crippen molar-refractivity contribution >= 4 is 27.5 Å². The molecule has 4 aromatic rings. The summed E-state index contributed by atoms with van der Waals surface area (Å²) >= 11 is 0. The molecule has 57 heavy (non-hydrogen) atoms.